The monoisotopic (exact) mass is 324 g/mol. The molecule has 3 rings (SSSR count). The van der Waals surface area contributed by atoms with Crippen molar-refractivity contribution in [2.24, 2.45) is 5.92 Å². The van der Waals surface area contributed by atoms with Crippen LogP contribution in [0, 0.1) is 5.92 Å². The van der Waals surface area contributed by atoms with Crippen molar-refractivity contribution in [3.8, 4) is 0 Å². The first-order chi connectivity index (χ1) is 11.8. The summed E-state index contributed by atoms with van der Waals surface area (Å²) in [6, 6.07) is 12.3. The topological polar surface area (TPSA) is 58.1 Å². The largest absolute Gasteiger partial charge is 0.303 e. The molecular formula is C19H24N4O. The Morgan fingerprint density at radius 2 is 1.79 bits per heavy atom. The molecule has 1 N–H and O–H groups in total. The standard InChI is InChI=1S/C19H24N4O/c24-18(22-19-20-11-5-12-21-19)17-9-14-23(15-10-17)13-4-8-16-6-2-1-3-7-16/h1-3,5-7,11-12,17H,4,8-10,13-15H2,(H,20,21,22,24). The molecule has 0 bridgehead atoms. The molecule has 1 aliphatic rings. The molecular weight excluding hydrogens is 300 g/mol. The molecule has 1 fully saturated rings. The molecule has 1 amide bonds. The first kappa shape index (κ1) is 16.6. The molecule has 5 nitrogen and oxygen atoms in total. The number of carbonyl (C=O) groups excluding carboxylic acids is 1. The number of aromatic nitrogens is 2. The lowest BCUT2D eigenvalue weighted by Gasteiger charge is -2.31. The van der Waals surface area contributed by atoms with Gasteiger partial charge in [-0.05, 0) is 56.9 Å². The average Bonchev–Trinajstić information content (AvgIpc) is 2.64. The van der Waals surface area contributed by atoms with E-state index in [1.807, 2.05) is 0 Å². The highest BCUT2D eigenvalue weighted by Gasteiger charge is 2.25. The highest BCUT2D eigenvalue weighted by Crippen LogP contribution is 2.19. The van der Waals surface area contributed by atoms with Crippen LogP contribution < -0.4 is 5.32 Å². The summed E-state index contributed by atoms with van der Waals surface area (Å²) in [5.74, 6) is 0.511. The number of nitrogens with one attached hydrogen (secondary N) is 1. The van der Waals surface area contributed by atoms with Gasteiger partial charge in [-0.1, -0.05) is 30.3 Å². The fourth-order valence-corrected chi connectivity index (χ4v) is 3.15. The van der Waals surface area contributed by atoms with Crippen molar-refractivity contribution in [3.05, 3.63) is 54.4 Å². The van der Waals surface area contributed by atoms with E-state index in [4.69, 9.17) is 0 Å². The maximum absolute atomic E-state index is 12.3. The third-order valence-electron chi connectivity index (χ3n) is 4.54. The van der Waals surface area contributed by atoms with Crippen LogP contribution in [0.2, 0.25) is 0 Å². The van der Waals surface area contributed by atoms with Crippen LogP contribution in [0.25, 0.3) is 0 Å². The minimum absolute atomic E-state index is 0.0464. The second kappa shape index (κ2) is 8.55. The van der Waals surface area contributed by atoms with Crippen LogP contribution in [0.1, 0.15) is 24.8 Å². The zero-order chi connectivity index (χ0) is 16.6. The van der Waals surface area contributed by atoms with Gasteiger partial charge >= 0.3 is 0 Å². The van der Waals surface area contributed by atoms with Crippen LogP contribution >= 0.6 is 0 Å². The molecule has 126 valence electrons. The lowest BCUT2D eigenvalue weighted by molar-refractivity contribution is -0.121. The maximum atomic E-state index is 12.3. The van der Waals surface area contributed by atoms with Crippen LogP contribution in [-0.2, 0) is 11.2 Å². The Hall–Kier alpha value is -2.27. The Labute approximate surface area is 143 Å². The number of carbonyl (C=O) groups is 1. The van der Waals surface area contributed by atoms with Gasteiger partial charge in [0.2, 0.25) is 11.9 Å². The summed E-state index contributed by atoms with van der Waals surface area (Å²) in [5, 5.41) is 2.81. The Kier molecular flexibility index (Phi) is 5.90. The number of amides is 1. The van der Waals surface area contributed by atoms with Crippen molar-refractivity contribution < 1.29 is 4.79 Å². The minimum Gasteiger partial charge on any atom is -0.303 e. The molecule has 1 aromatic carbocycles. The summed E-state index contributed by atoms with van der Waals surface area (Å²) in [6.07, 6.45) is 7.37. The zero-order valence-electron chi connectivity index (χ0n) is 13.9. The molecule has 0 unspecified atom stereocenters. The molecule has 0 atom stereocenters. The Balaban J connectivity index is 1.37. The van der Waals surface area contributed by atoms with E-state index in [0.29, 0.717) is 5.95 Å². The summed E-state index contributed by atoms with van der Waals surface area (Å²) >= 11 is 0. The third-order valence-corrected chi connectivity index (χ3v) is 4.54. The number of piperidine rings is 1. The minimum atomic E-state index is 0.0464. The summed E-state index contributed by atoms with van der Waals surface area (Å²) in [6.45, 7) is 3.08. The van der Waals surface area contributed by atoms with Crippen LogP contribution in [-0.4, -0.2) is 40.4 Å². The third kappa shape index (κ3) is 4.86. The van der Waals surface area contributed by atoms with Gasteiger partial charge in [0, 0.05) is 18.3 Å². The second-order valence-corrected chi connectivity index (χ2v) is 6.27. The van der Waals surface area contributed by atoms with E-state index in [0.717, 1.165) is 38.9 Å². The molecule has 24 heavy (non-hydrogen) atoms. The number of benzene rings is 1. The number of rotatable bonds is 6. The van der Waals surface area contributed by atoms with Gasteiger partial charge in [-0.25, -0.2) is 9.97 Å². The Morgan fingerprint density at radius 3 is 2.50 bits per heavy atom. The number of likely N-dealkylation sites (tertiary alicyclic amines) is 1. The summed E-state index contributed by atoms with van der Waals surface area (Å²) in [5.41, 5.74) is 1.40. The lowest BCUT2D eigenvalue weighted by Crippen LogP contribution is -2.38. The van der Waals surface area contributed by atoms with Gasteiger partial charge in [-0.15, -0.1) is 0 Å². The van der Waals surface area contributed by atoms with Crippen molar-refractivity contribution in [2.45, 2.75) is 25.7 Å². The Morgan fingerprint density at radius 1 is 1.08 bits per heavy atom. The van der Waals surface area contributed by atoms with Crippen LogP contribution in [0.3, 0.4) is 0 Å². The first-order valence-electron chi connectivity index (χ1n) is 8.65. The molecule has 2 aromatic rings. The van der Waals surface area contributed by atoms with Crippen LogP contribution in [0.5, 0.6) is 0 Å². The van der Waals surface area contributed by atoms with Crippen molar-refractivity contribution in [2.75, 3.05) is 25.0 Å². The number of hydrogen-bond acceptors (Lipinski definition) is 4. The van der Waals surface area contributed by atoms with Gasteiger partial charge in [0.15, 0.2) is 0 Å². The van der Waals surface area contributed by atoms with Gasteiger partial charge in [0.25, 0.3) is 0 Å². The molecule has 1 aromatic heterocycles. The summed E-state index contributed by atoms with van der Waals surface area (Å²) in [7, 11) is 0. The van der Waals surface area contributed by atoms with E-state index in [-0.39, 0.29) is 11.8 Å². The van der Waals surface area contributed by atoms with Crippen molar-refractivity contribution in [1.29, 1.82) is 0 Å². The zero-order valence-corrected chi connectivity index (χ0v) is 13.9. The van der Waals surface area contributed by atoms with Gasteiger partial charge < -0.3 is 4.90 Å². The average molecular weight is 324 g/mol. The predicted octanol–water partition coefficient (Wildman–Crippen LogP) is 2.76. The van der Waals surface area contributed by atoms with Gasteiger partial charge in [0.05, 0.1) is 0 Å². The quantitative estimate of drug-likeness (QED) is 0.888. The van der Waals surface area contributed by atoms with Crippen LogP contribution in [0.15, 0.2) is 48.8 Å². The molecule has 2 heterocycles. The van der Waals surface area contributed by atoms with E-state index in [9.17, 15) is 4.79 Å². The fourth-order valence-electron chi connectivity index (χ4n) is 3.15. The van der Waals surface area contributed by atoms with Crippen LogP contribution in [0.4, 0.5) is 5.95 Å². The maximum Gasteiger partial charge on any atom is 0.229 e. The SMILES string of the molecule is O=C(Nc1ncccn1)C1CCN(CCCc2ccccc2)CC1. The number of nitrogens with zero attached hydrogens (tertiary/aromatic N) is 3. The van der Waals surface area contributed by atoms with Gasteiger partial charge in [-0.2, -0.15) is 0 Å². The van der Waals surface area contributed by atoms with E-state index in [2.05, 4.69) is 50.5 Å². The second-order valence-electron chi connectivity index (χ2n) is 6.27. The molecule has 0 radical (unpaired) electrons. The van der Waals surface area contributed by atoms with E-state index in [1.165, 1.54) is 12.0 Å². The highest BCUT2D eigenvalue weighted by molar-refractivity contribution is 5.90. The van der Waals surface area contributed by atoms with E-state index in [1.54, 1.807) is 18.5 Å². The number of aryl methyl sites for hydroxylation is 1. The first-order valence-corrected chi connectivity index (χ1v) is 8.65. The smallest absolute Gasteiger partial charge is 0.229 e. The summed E-state index contributed by atoms with van der Waals surface area (Å²) < 4.78 is 0. The van der Waals surface area contributed by atoms with Crippen molar-refractivity contribution in [1.82, 2.24) is 14.9 Å². The van der Waals surface area contributed by atoms with Crippen molar-refractivity contribution in [3.63, 3.8) is 0 Å². The predicted molar refractivity (Wildman–Crippen MR) is 94.6 cm³/mol. The number of hydrogen-bond donors (Lipinski definition) is 1. The van der Waals surface area contributed by atoms with E-state index >= 15 is 0 Å². The fraction of sp³-hybridized carbons (Fsp3) is 0.421. The normalized spacial score (nSPS) is 16.0. The van der Waals surface area contributed by atoms with E-state index < -0.39 is 0 Å². The summed E-state index contributed by atoms with van der Waals surface area (Å²) in [4.78, 5) is 22.8. The molecule has 5 heteroatoms. The van der Waals surface area contributed by atoms with Gasteiger partial charge in [0.1, 0.15) is 0 Å². The Bertz CT molecular complexity index is 624. The van der Waals surface area contributed by atoms with Crippen molar-refractivity contribution >= 4 is 11.9 Å². The molecule has 1 saturated heterocycles. The highest BCUT2D eigenvalue weighted by atomic mass is 16.2. The lowest BCUT2D eigenvalue weighted by atomic mass is 9.95. The molecule has 0 saturated carbocycles. The molecule has 0 aliphatic carbocycles. The number of anilines is 1. The molecule has 0 spiro atoms. The van der Waals surface area contributed by atoms with Gasteiger partial charge in [-0.3, -0.25) is 10.1 Å². The molecule has 1 aliphatic heterocycles.